The number of hydrogen-bond acceptors (Lipinski definition) is 2. The van der Waals surface area contributed by atoms with E-state index in [1.807, 2.05) is 24.3 Å². The summed E-state index contributed by atoms with van der Waals surface area (Å²) in [5.74, 6) is -0.182. The van der Waals surface area contributed by atoms with E-state index in [1.165, 1.54) is 5.56 Å². The second kappa shape index (κ2) is 5.83. The summed E-state index contributed by atoms with van der Waals surface area (Å²) in [4.78, 5) is 11.7. The smallest absolute Gasteiger partial charge is 0.241 e. The fraction of sp³-hybridized carbons (Fsp3) is 0.400. The lowest BCUT2D eigenvalue weighted by atomic mass is 9.87. The molecule has 3 N–H and O–H groups in total. The van der Waals surface area contributed by atoms with E-state index in [2.05, 4.69) is 32.7 Å². The average Bonchev–Trinajstić information content (AvgIpc) is 2.28. The van der Waals surface area contributed by atoms with Gasteiger partial charge in [-0.15, -0.1) is 6.58 Å². The first-order valence-corrected chi connectivity index (χ1v) is 6.12. The molecule has 0 bridgehead atoms. The summed E-state index contributed by atoms with van der Waals surface area (Å²) in [5, 5.41) is 2.79. The van der Waals surface area contributed by atoms with E-state index in [0.717, 1.165) is 5.69 Å². The molecule has 0 aliphatic rings. The number of hydrogen-bond donors (Lipinski definition) is 2. The van der Waals surface area contributed by atoms with E-state index in [9.17, 15) is 4.79 Å². The molecule has 1 rings (SSSR count). The van der Waals surface area contributed by atoms with Crippen molar-refractivity contribution in [2.75, 3.05) is 5.32 Å². The summed E-state index contributed by atoms with van der Waals surface area (Å²) in [7, 11) is 0. The molecule has 0 saturated carbocycles. The van der Waals surface area contributed by atoms with Crippen molar-refractivity contribution in [1.82, 2.24) is 0 Å². The van der Waals surface area contributed by atoms with Gasteiger partial charge in [0, 0.05) is 5.69 Å². The lowest BCUT2D eigenvalue weighted by molar-refractivity contribution is -0.117. The topological polar surface area (TPSA) is 55.1 Å². The zero-order valence-corrected chi connectivity index (χ0v) is 11.4. The first-order valence-electron chi connectivity index (χ1n) is 6.12. The van der Waals surface area contributed by atoms with Crippen molar-refractivity contribution in [3.05, 3.63) is 42.5 Å². The molecule has 0 heterocycles. The van der Waals surface area contributed by atoms with Gasteiger partial charge in [0.15, 0.2) is 0 Å². The lowest BCUT2D eigenvalue weighted by Crippen LogP contribution is -2.35. The Hall–Kier alpha value is -1.61. The summed E-state index contributed by atoms with van der Waals surface area (Å²) in [6.45, 7) is 10.0. The number of nitrogens with one attached hydrogen (secondary N) is 1. The van der Waals surface area contributed by atoms with Crippen LogP contribution in [-0.4, -0.2) is 11.9 Å². The van der Waals surface area contributed by atoms with Crippen molar-refractivity contribution in [3.8, 4) is 0 Å². The van der Waals surface area contributed by atoms with Gasteiger partial charge < -0.3 is 11.1 Å². The third-order valence-electron chi connectivity index (χ3n) is 2.78. The fourth-order valence-corrected chi connectivity index (χ4v) is 1.58. The molecule has 0 spiro atoms. The highest BCUT2D eigenvalue weighted by molar-refractivity contribution is 5.94. The fourth-order valence-electron chi connectivity index (χ4n) is 1.58. The molecular formula is C15H22N2O. The Morgan fingerprint density at radius 2 is 1.94 bits per heavy atom. The van der Waals surface area contributed by atoms with Gasteiger partial charge in [-0.25, -0.2) is 0 Å². The molecule has 0 radical (unpaired) electrons. The highest BCUT2D eigenvalue weighted by Gasteiger charge is 2.14. The second-order valence-electron chi connectivity index (χ2n) is 5.45. The SMILES string of the molecule is C=CCC(N)C(=O)Nc1ccc(C(C)(C)C)cc1. The Balaban J connectivity index is 2.70. The van der Waals surface area contributed by atoms with E-state index in [0.29, 0.717) is 6.42 Å². The molecule has 1 unspecified atom stereocenters. The predicted octanol–water partition coefficient (Wildman–Crippen LogP) is 2.83. The molecule has 18 heavy (non-hydrogen) atoms. The minimum atomic E-state index is -0.537. The van der Waals surface area contributed by atoms with Crippen LogP contribution in [0.4, 0.5) is 5.69 Å². The quantitative estimate of drug-likeness (QED) is 0.803. The van der Waals surface area contributed by atoms with Gasteiger partial charge in [0.2, 0.25) is 5.91 Å². The molecule has 1 aromatic rings. The van der Waals surface area contributed by atoms with E-state index in [1.54, 1.807) is 6.08 Å². The molecule has 3 heteroatoms. The van der Waals surface area contributed by atoms with Crippen molar-refractivity contribution >= 4 is 11.6 Å². The zero-order chi connectivity index (χ0) is 13.8. The monoisotopic (exact) mass is 246 g/mol. The number of carbonyl (C=O) groups is 1. The van der Waals surface area contributed by atoms with Crippen molar-refractivity contribution in [1.29, 1.82) is 0 Å². The van der Waals surface area contributed by atoms with Crippen LogP contribution >= 0.6 is 0 Å². The van der Waals surface area contributed by atoms with Gasteiger partial charge >= 0.3 is 0 Å². The number of rotatable bonds is 4. The van der Waals surface area contributed by atoms with Gasteiger partial charge in [0.05, 0.1) is 6.04 Å². The van der Waals surface area contributed by atoms with Crippen molar-refractivity contribution in [3.63, 3.8) is 0 Å². The average molecular weight is 246 g/mol. The Bertz CT molecular complexity index is 415. The molecule has 98 valence electrons. The van der Waals surface area contributed by atoms with Crippen molar-refractivity contribution in [2.24, 2.45) is 5.73 Å². The van der Waals surface area contributed by atoms with Gasteiger partial charge in [-0.1, -0.05) is 39.0 Å². The van der Waals surface area contributed by atoms with Gasteiger partial charge in [0.25, 0.3) is 0 Å². The molecule has 1 amide bonds. The maximum Gasteiger partial charge on any atom is 0.241 e. The lowest BCUT2D eigenvalue weighted by Gasteiger charge is -2.19. The molecule has 0 fully saturated rings. The third-order valence-corrected chi connectivity index (χ3v) is 2.78. The second-order valence-corrected chi connectivity index (χ2v) is 5.45. The Labute approximate surface area is 109 Å². The van der Waals surface area contributed by atoms with Crippen LogP contribution in [0, 0.1) is 0 Å². The minimum Gasteiger partial charge on any atom is -0.325 e. The van der Waals surface area contributed by atoms with Crippen molar-refractivity contribution < 1.29 is 4.79 Å². The normalized spacial score (nSPS) is 12.9. The van der Waals surface area contributed by atoms with Crippen LogP contribution in [0.5, 0.6) is 0 Å². The number of nitrogens with two attached hydrogens (primary N) is 1. The Kier molecular flexibility index (Phi) is 4.68. The van der Waals surface area contributed by atoms with E-state index in [-0.39, 0.29) is 11.3 Å². The highest BCUT2D eigenvalue weighted by atomic mass is 16.2. The number of benzene rings is 1. The first-order chi connectivity index (χ1) is 8.34. The molecule has 0 aromatic heterocycles. The standard InChI is InChI=1S/C15H22N2O/c1-5-6-13(16)14(18)17-12-9-7-11(8-10-12)15(2,3)4/h5,7-10,13H,1,6,16H2,2-4H3,(H,17,18). The van der Waals surface area contributed by atoms with Gasteiger partial charge in [-0.3, -0.25) is 4.79 Å². The maximum atomic E-state index is 11.7. The molecule has 0 saturated heterocycles. The first kappa shape index (κ1) is 14.5. The molecular weight excluding hydrogens is 224 g/mol. The zero-order valence-electron chi connectivity index (χ0n) is 11.4. The van der Waals surface area contributed by atoms with Crippen LogP contribution in [0.2, 0.25) is 0 Å². The van der Waals surface area contributed by atoms with Crippen LogP contribution in [0.15, 0.2) is 36.9 Å². The van der Waals surface area contributed by atoms with Gasteiger partial charge in [0.1, 0.15) is 0 Å². The largest absolute Gasteiger partial charge is 0.325 e. The molecule has 1 aromatic carbocycles. The maximum absolute atomic E-state index is 11.7. The molecule has 0 aliphatic heterocycles. The summed E-state index contributed by atoms with van der Waals surface area (Å²) in [5.41, 5.74) is 7.81. The summed E-state index contributed by atoms with van der Waals surface area (Å²) < 4.78 is 0. The Morgan fingerprint density at radius 1 is 1.39 bits per heavy atom. The van der Waals surface area contributed by atoms with Crippen molar-refractivity contribution in [2.45, 2.75) is 38.6 Å². The van der Waals surface area contributed by atoms with Gasteiger partial charge in [-0.2, -0.15) is 0 Å². The molecule has 3 nitrogen and oxygen atoms in total. The van der Waals surface area contributed by atoms with Crippen LogP contribution in [0.25, 0.3) is 0 Å². The highest BCUT2D eigenvalue weighted by Crippen LogP contribution is 2.23. The van der Waals surface area contributed by atoms with Crippen LogP contribution in [0.1, 0.15) is 32.8 Å². The van der Waals surface area contributed by atoms with Crippen LogP contribution in [0.3, 0.4) is 0 Å². The molecule has 0 aliphatic carbocycles. The minimum absolute atomic E-state index is 0.113. The summed E-state index contributed by atoms with van der Waals surface area (Å²) >= 11 is 0. The number of amides is 1. The predicted molar refractivity (Wildman–Crippen MR) is 76.6 cm³/mol. The summed E-state index contributed by atoms with van der Waals surface area (Å²) in [6.07, 6.45) is 2.12. The van der Waals surface area contributed by atoms with Crippen LogP contribution < -0.4 is 11.1 Å². The van der Waals surface area contributed by atoms with E-state index >= 15 is 0 Å². The third kappa shape index (κ3) is 4.00. The van der Waals surface area contributed by atoms with Gasteiger partial charge in [-0.05, 0) is 29.5 Å². The van der Waals surface area contributed by atoms with E-state index in [4.69, 9.17) is 5.73 Å². The number of carbonyl (C=O) groups excluding carboxylic acids is 1. The van der Waals surface area contributed by atoms with E-state index < -0.39 is 6.04 Å². The molecule has 1 atom stereocenters. The number of anilines is 1. The van der Waals surface area contributed by atoms with Crippen LogP contribution in [-0.2, 0) is 10.2 Å². The summed E-state index contributed by atoms with van der Waals surface area (Å²) in [6, 6.07) is 7.31. The Morgan fingerprint density at radius 3 is 2.39 bits per heavy atom.